The fourth-order valence-electron chi connectivity index (χ4n) is 2.06. The number of halogens is 1. The van der Waals surface area contributed by atoms with Crippen LogP contribution in [-0.4, -0.2) is 28.4 Å². The molecule has 0 aliphatic heterocycles. The summed E-state index contributed by atoms with van der Waals surface area (Å²) >= 11 is 4.47. The summed E-state index contributed by atoms with van der Waals surface area (Å²) in [5.41, 5.74) is 3.95. The number of hydrogen-bond donors (Lipinski definition) is 3. The first-order valence-corrected chi connectivity index (χ1v) is 9.72. The van der Waals surface area contributed by atoms with Gasteiger partial charge in [0.05, 0.1) is 12.6 Å². The molecule has 1 aromatic heterocycles. The van der Waals surface area contributed by atoms with Crippen LogP contribution in [0.5, 0.6) is 0 Å². The molecule has 0 aliphatic carbocycles. The monoisotopic (exact) mass is 458 g/mol. The van der Waals surface area contributed by atoms with E-state index in [1.54, 1.807) is 18.3 Å². The maximum absolute atomic E-state index is 11.9. The number of amides is 3. The number of benzene rings is 2. The highest BCUT2D eigenvalue weighted by molar-refractivity contribution is 9.10. The molecule has 0 aliphatic rings. The summed E-state index contributed by atoms with van der Waals surface area (Å²) < 4.78 is 0.965. The molecule has 0 fully saturated rings. The first-order chi connectivity index (χ1) is 13.6. The standard InChI is InChI=1S/C18H15BrN6O2S/c19-13-8-6-12(7-9-13)11-20-23-15(26)10-16-24-25-18(28-16)22-17(27)21-14-4-2-1-3-5-14/h1-9,11H,10H2,(H,23,26)(H2,21,22,25,27)/b20-11-. The molecule has 0 bridgehead atoms. The van der Waals surface area contributed by atoms with Crippen molar-refractivity contribution in [2.24, 2.45) is 5.10 Å². The minimum absolute atomic E-state index is 0.0112. The minimum atomic E-state index is -0.433. The first-order valence-electron chi connectivity index (χ1n) is 8.11. The summed E-state index contributed by atoms with van der Waals surface area (Å²) in [5, 5.41) is 17.7. The SMILES string of the molecule is O=C(Cc1nnc(NC(=O)Nc2ccccc2)s1)N/N=C\c1ccc(Br)cc1. The third-order valence-electron chi connectivity index (χ3n) is 3.30. The van der Waals surface area contributed by atoms with E-state index in [4.69, 9.17) is 0 Å². The number of aromatic nitrogens is 2. The van der Waals surface area contributed by atoms with E-state index in [2.05, 4.69) is 47.3 Å². The quantitative estimate of drug-likeness (QED) is 0.386. The molecule has 0 atom stereocenters. The molecule has 0 saturated carbocycles. The van der Waals surface area contributed by atoms with Gasteiger partial charge in [-0.1, -0.05) is 57.6 Å². The topological polar surface area (TPSA) is 108 Å². The van der Waals surface area contributed by atoms with Crippen LogP contribution in [0.25, 0.3) is 0 Å². The molecule has 0 unspecified atom stereocenters. The minimum Gasteiger partial charge on any atom is -0.308 e. The van der Waals surface area contributed by atoms with Gasteiger partial charge in [0.25, 0.3) is 0 Å². The molecule has 3 amide bonds. The summed E-state index contributed by atoms with van der Waals surface area (Å²) in [5.74, 6) is -0.329. The Bertz CT molecular complexity index is 975. The van der Waals surface area contributed by atoms with Crippen LogP contribution in [0.15, 0.2) is 64.2 Å². The van der Waals surface area contributed by atoms with Crippen LogP contribution in [0.2, 0.25) is 0 Å². The van der Waals surface area contributed by atoms with E-state index in [1.165, 1.54) is 0 Å². The zero-order chi connectivity index (χ0) is 19.8. The highest BCUT2D eigenvalue weighted by atomic mass is 79.9. The third kappa shape index (κ3) is 6.25. The Balaban J connectivity index is 1.46. The lowest BCUT2D eigenvalue weighted by Crippen LogP contribution is -2.19. The summed E-state index contributed by atoms with van der Waals surface area (Å²) in [6.07, 6.45) is 1.56. The van der Waals surface area contributed by atoms with Crippen LogP contribution in [0.1, 0.15) is 10.6 Å². The van der Waals surface area contributed by atoms with Gasteiger partial charge in [0.2, 0.25) is 11.0 Å². The van der Waals surface area contributed by atoms with Gasteiger partial charge in [-0.3, -0.25) is 10.1 Å². The Labute approximate surface area is 173 Å². The molecule has 3 N–H and O–H groups in total. The average molecular weight is 459 g/mol. The van der Waals surface area contributed by atoms with Crippen LogP contribution in [0.4, 0.5) is 15.6 Å². The molecule has 3 aromatic rings. The van der Waals surface area contributed by atoms with Gasteiger partial charge >= 0.3 is 6.03 Å². The molecule has 1 heterocycles. The van der Waals surface area contributed by atoms with Gasteiger partial charge in [0.1, 0.15) is 5.01 Å². The lowest BCUT2D eigenvalue weighted by molar-refractivity contribution is -0.120. The predicted molar refractivity (Wildman–Crippen MR) is 113 cm³/mol. The van der Waals surface area contributed by atoms with E-state index >= 15 is 0 Å². The number of nitrogens with one attached hydrogen (secondary N) is 3. The second kappa shape index (κ2) is 9.72. The van der Waals surface area contributed by atoms with E-state index < -0.39 is 6.03 Å². The van der Waals surface area contributed by atoms with Crippen LogP contribution in [0, 0.1) is 0 Å². The van der Waals surface area contributed by atoms with Crippen molar-refractivity contribution in [2.45, 2.75) is 6.42 Å². The first kappa shape index (κ1) is 19.6. The van der Waals surface area contributed by atoms with Crippen molar-refractivity contribution in [3.63, 3.8) is 0 Å². The average Bonchev–Trinajstić information content (AvgIpc) is 3.10. The van der Waals surface area contributed by atoms with Gasteiger partial charge in [-0.2, -0.15) is 5.10 Å². The normalized spacial score (nSPS) is 10.6. The van der Waals surface area contributed by atoms with E-state index in [-0.39, 0.29) is 12.3 Å². The van der Waals surface area contributed by atoms with Gasteiger partial charge < -0.3 is 5.32 Å². The van der Waals surface area contributed by atoms with Crippen molar-refractivity contribution in [1.82, 2.24) is 15.6 Å². The number of carbonyl (C=O) groups is 2. The molecule has 3 rings (SSSR count). The van der Waals surface area contributed by atoms with Crippen molar-refractivity contribution in [3.05, 3.63) is 69.6 Å². The Morgan fingerprint density at radius 3 is 2.54 bits per heavy atom. The Kier molecular flexibility index (Phi) is 6.82. The van der Waals surface area contributed by atoms with E-state index in [0.29, 0.717) is 15.8 Å². The number of nitrogens with zero attached hydrogens (tertiary/aromatic N) is 3. The third-order valence-corrected chi connectivity index (χ3v) is 4.67. The Morgan fingerprint density at radius 2 is 1.79 bits per heavy atom. The molecule has 0 saturated heterocycles. The molecular formula is C18H15BrN6O2S. The van der Waals surface area contributed by atoms with E-state index in [1.807, 2.05) is 42.5 Å². The number of para-hydroxylation sites is 1. The molecule has 2 aromatic carbocycles. The number of urea groups is 1. The molecule has 0 radical (unpaired) electrons. The number of hydrazone groups is 1. The zero-order valence-corrected chi connectivity index (χ0v) is 16.8. The molecule has 8 nitrogen and oxygen atoms in total. The summed E-state index contributed by atoms with van der Waals surface area (Å²) in [6.45, 7) is 0. The summed E-state index contributed by atoms with van der Waals surface area (Å²) in [7, 11) is 0. The smallest absolute Gasteiger partial charge is 0.308 e. The van der Waals surface area contributed by atoms with Crippen molar-refractivity contribution >= 4 is 56.2 Å². The molecule has 28 heavy (non-hydrogen) atoms. The second-order valence-corrected chi connectivity index (χ2v) is 7.45. The molecular weight excluding hydrogens is 444 g/mol. The zero-order valence-electron chi connectivity index (χ0n) is 14.4. The Morgan fingerprint density at radius 1 is 1.04 bits per heavy atom. The number of rotatable bonds is 6. The maximum atomic E-state index is 11.9. The van der Waals surface area contributed by atoms with Crippen molar-refractivity contribution < 1.29 is 9.59 Å². The van der Waals surface area contributed by atoms with Crippen LogP contribution >= 0.6 is 27.3 Å². The molecule has 142 valence electrons. The lowest BCUT2D eigenvalue weighted by atomic mass is 10.2. The fraction of sp³-hybridized carbons (Fsp3) is 0.0556. The van der Waals surface area contributed by atoms with Crippen LogP contribution in [-0.2, 0) is 11.2 Å². The molecule has 10 heteroatoms. The maximum Gasteiger partial charge on any atom is 0.325 e. The Hall–Kier alpha value is -3.11. The van der Waals surface area contributed by atoms with Gasteiger partial charge in [0, 0.05) is 10.2 Å². The van der Waals surface area contributed by atoms with Crippen LogP contribution < -0.4 is 16.1 Å². The highest BCUT2D eigenvalue weighted by Crippen LogP contribution is 2.16. The largest absolute Gasteiger partial charge is 0.325 e. The van der Waals surface area contributed by atoms with Gasteiger partial charge in [0.15, 0.2) is 0 Å². The molecule has 0 spiro atoms. The van der Waals surface area contributed by atoms with Gasteiger partial charge in [-0.05, 0) is 29.8 Å². The lowest BCUT2D eigenvalue weighted by Gasteiger charge is -2.03. The number of hydrogen-bond acceptors (Lipinski definition) is 6. The highest BCUT2D eigenvalue weighted by Gasteiger charge is 2.11. The number of carbonyl (C=O) groups excluding carboxylic acids is 2. The second-order valence-electron chi connectivity index (χ2n) is 5.47. The fourth-order valence-corrected chi connectivity index (χ4v) is 3.06. The van der Waals surface area contributed by atoms with Gasteiger partial charge in [-0.15, -0.1) is 10.2 Å². The van der Waals surface area contributed by atoms with E-state index in [0.717, 1.165) is 21.4 Å². The van der Waals surface area contributed by atoms with Gasteiger partial charge in [-0.25, -0.2) is 10.2 Å². The summed E-state index contributed by atoms with van der Waals surface area (Å²) in [6, 6.07) is 16.1. The number of anilines is 2. The van der Waals surface area contributed by atoms with Crippen LogP contribution in [0.3, 0.4) is 0 Å². The predicted octanol–water partition coefficient (Wildman–Crippen LogP) is 3.64. The van der Waals surface area contributed by atoms with Crippen molar-refractivity contribution in [3.8, 4) is 0 Å². The van der Waals surface area contributed by atoms with Crippen molar-refractivity contribution in [1.29, 1.82) is 0 Å². The summed E-state index contributed by atoms with van der Waals surface area (Å²) in [4.78, 5) is 23.9. The van der Waals surface area contributed by atoms with E-state index in [9.17, 15) is 9.59 Å². The van der Waals surface area contributed by atoms with Crippen molar-refractivity contribution in [2.75, 3.05) is 10.6 Å².